The highest BCUT2D eigenvalue weighted by atomic mass is 35.5. The highest BCUT2D eigenvalue weighted by molar-refractivity contribution is 7.89. The molecule has 3 N–H and O–H groups in total. The molecule has 0 bridgehead atoms. The summed E-state index contributed by atoms with van der Waals surface area (Å²) in [5.41, 5.74) is 0.372. The van der Waals surface area contributed by atoms with Crippen LogP contribution in [0.25, 0.3) is 0 Å². The molecule has 2 heterocycles. The highest BCUT2D eigenvalue weighted by Gasteiger charge is 2.36. The molecule has 10 nitrogen and oxygen atoms in total. The summed E-state index contributed by atoms with van der Waals surface area (Å²) in [6, 6.07) is 15.4. The van der Waals surface area contributed by atoms with Crippen LogP contribution in [0.1, 0.15) is 56.1 Å². The Balaban J connectivity index is 0.000000237. The van der Waals surface area contributed by atoms with Crippen molar-refractivity contribution in [2.75, 3.05) is 13.1 Å². The van der Waals surface area contributed by atoms with E-state index in [1.807, 2.05) is 0 Å². The van der Waals surface area contributed by atoms with Crippen molar-refractivity contribution in [2.45, 2.75) is 73.4 Å². The van der Waals surface area contributed by atoms with Crippen LogP contribution in [0, 0.1) is 0 Å². The van der Waals surface area contributed by atoms with Crippen molar-refractivity contribution in [3.63, 3.8) is 0 Å². The van der Waals surface area contributed by atoms with Crippen molar-refractivity contribution in [1.29, 1.82) is 0 Å². The van der Waals surface area contributed by atoms with E-state index in [1.54, 1.807) is 0 Å². The number of rotatable bonds is 9. The minimum Gasteiger partial charge on any atom is -0.355 e. The standard InChI is InChI=1S/C20H21ClF2N2O3S.C12H15ClN2O3S/c21-16-8-10-17(11-9-16)29(27,28)25(18-3-1-2-12-24-20(18)26)13-14-4-6-15(7-5-14)19(22)23;13-9-4-6-10(7-5-9)19(17,18)15-11-3-1-2-8-14-12(11)16/h4-11,18-19H,1-3,12-13H2,(H,24,26);4-7,11,15H,1-3,8H2,(H,14,16). The number of hydrogen-bond donors (Lipinski definition) is 3. The van der Waals surface area contributed by atoms with Gasteiger partial charge in [-0.2, -0.15) is 9.03 Å². The van der Waals surface area contributed by atoms with Crippen molar-refractivity contribution >= 4 is 55.1 Å². The fourth-order valence-electron chi connectivity index (χ4n) is 5.17. The highest BCUT2D eigenvalue weighted by Crippen LogP contribution is 2.27. The van der Waals surface area contributed by atoms with Crippen LogP contribution in [-0.2, 0) is 36.2 Å². The third-order valence-electron chi connectivity index (χ3n) is 7.80. The van der Waals surface area contributed by atoms with Gasteiger partial charge in [0.25, 0.3) is 6.43 Å². The van der Waals surface area contributed by atoms with Gasteiger partial charge in [-0.25, -0.2) is 25.6 Å². The van der Waals surface area contributed by atoms with Crippen LogP contribution in [0.4, 0.5) is 8.78 Å². The average Bonchev–Trinajstić information content (AvgIpc) is 3.39. The van der Waals surface area contributed by atoms with Crippen LogP contribution >= 0.6 is 23.2 Å². The zero-order valence-corrected chi connectivity index (χ0v) is 28.9. The second-order valence-corrected chi connectivity index (χ2v) is 15.7. The van der Waals surface area contributed by atoms with Crippen molar-refractivity contribution in [3.05, 3.63) is 94.0 Å². The fourth-order valence-corrected chi connectivity index (χ4v) is 8.26. The van der Waals surface area contributed by atoms with Crippen LogP contribution in [0.3, 0.4) is 0 Å². The Hall–Kier alpha value is -3.14. The van der Waals surface area contributed by atoms with E-state index in [4.69, 9.17) is 23.2 Å². The number of carbonyl (C=O) groups is 2. The van der Waals surface area contributed by atoms with Gasteiger partial charge in [-0.1, -0.05) is 47.5 Å². The molecule has 5 rings (SSSR count). The minimum atomic E-state index is -4.03. The summed E-state index contributed by atoms with van der Waals surface area (Å²) in [5.74, 6) is -0.626. The number of halogens is 4. The first-order valence-electron chi connectivity index (χ1n) is 15.3. The lowest BCUT2D eigenvalue weighted by Gasteiger charge is -2.29. The summed E-state index contributed by atoms with van der Waals surface area (Å²) in [6.45, 7) is 0.984. The molecule has 0 spiro atoms. The lowest BCUT2D eigenvalue weighted by atomic mass is 10.1. The molecular weight excluding hydrogens is 709 g/mol. The van der Waals surface area contributed by atoms with Gasteiger partial charge in [0, 0.05) is 35.2 Å². The minimum absolute atomic E-state index is 0.0168. The molecule has 3 aromatic rings. The molecule has 2 amide bonds. The normalized spacial score (nSPS) is 19.0. The quantitative estimate of drug-likeness (QED) is 0.267. The maximum atomic E-state index is 13.4. The van der Waals surface area contributed by atoms with E-state index in [2.05, 4.69) is 15.4 Å². The monoisotopic (exact) mass is 744 g/mol. The molecule has 2 aliphatic heterocycles. The molecule has 0 radical (unpaired) electrons. The van der Waals surface area contributed by atoms with E-state index in [0.29, 0.717) is 48.0 Å². The Morgan fingerprint density at radius 1 is 0.729 bits per heavy atom. The van der Waals surface area contributed by atoms with Crippen LogP contribution in [0.2, 0.25) is 10.0 Å². The number of hydrogen-bond acceptors (Lipinski definition) is 6. The van der Waals surface area contributed by atoms with E-state index >= 15 is 0 Å². The number of nitrogens with zero attached hydrogens (tertiary/aromatic N) is 1. The van der Waals surface area contributed by atoms with Gasteiger partial charge in [0.15, 0.2) is 0 Å². The van der Waals surface area contributed by atoms with Crippen LogP contribution in [0.5, 0.6) is 0 Å². The van der Waals surface area contributed by atoms with E-state index in [0.717, 1.165) is 23.6 Å². The van der Waals surface area contributed by atoms with Gasteiger partial charge in [-0.15, -0.1) is 0 Å². The van der Waals surface area contributed by atoms with E-state index in [-0.39, 0.29) is 33.7 Å². The SMILES string of the molecule is O=C1NCCCCC1N(Cc1ccc(C(F)F)cc1)S(=O)(=O)c1ccc(Cl)cc1.O=C1NCCCCC1NS(=O)(=O)c1ccc(Cl)cc1. The Labute approximate surface area is 289 Å². The topological polar surface area (TPSA) is 142 Å². The smallest absolute Gasteiger partial charge is 0.263 e. The van der Waals surface area contributed by atoms with Gasteiger partial charge in [-0.05, 0) is 92.6 Å². The van der Waals surface area contributed by atoms with Crippen molar-refractivity contribution in [2.24, 2.45) is 0 Å². The predicted molar refractivity (Wildman–Crippen MR) is 179 cm³/mol. The van der Waals surface area contributed by atoms with Gasteiger partial charge in [0.1, 0.15) is 12.1 Å². The summed E-state index contributed by atoms with van der Waals surface area (Å²) in [4.78, 5) is 24.4. The average molecular weight is 746 g/mol. The number of amides is 2. The van der Waals surface area contributed by atoms with Gasteiger partial charge in [0.05, 0.1) is 9.79 Å². The summed E-state index contributed by atoms with van der Waals surface area (Å²) in [6.07, 6.45) is 1.43. The summed E-state index contributed by atoms with van der Waals surface area (Å²) >= 11 is 11.6. The molecule has 2 fully saturated rings. The molecule has 2 aliphatic rings. The molecule has 0 saturated carbocycles. The number of nitrogens with one attached hydrogen (secondary N) is 3. The largest absolute Gasteiger partial charge is 0.355 e. The van der Waals surface area contributed by atoms with E-state index < -0.39 is 38.6 Å². The maximum absolute atomic E-state index is 13.4. The number of sulfonamides is 2. The lowest BCUT2D eigenvalue weighted by Crippen LogP contribution is -2.48. The van der Waals surface area contributed by atoms with Gasteiger partial charge in [0.2, 0.25) is 31.9 Å². The third kappa shape index (κ3) is 10.2. The van der Waals surface area contributed by atoms with E-state index in [1.165, 1.54) is 72.8 Å². The number of benzene rings is 3. The maximum Gasteiger partial charge on any atom is 0.263 e. The Kier molecular flexibility index (Phi) is 13.3. The zero-order valence-electron chi connectivity index (χ0n) is 25.7. The lowest BCUT2D eigenvalue weighted by molar-refractivity contribution is -0.124. The first-order chi connectivity index (χ1) is 22.8. The molecular formula is C32H36Cl2F2N4O6S2. The van der Waals surface area contributed by atoms with Crippen molar-refractivity contribution in [1.82, 2.24) is 19.7 Å². The Bertz CT molecular complexity index is 1760. The second kappa shape index (κ2) is 17.0. The van der Waals surface area contributed by atoms with Crippen LogP contribution in [0.15, 0.2) is 82.6 Å². The Morgan fingerprint density at radius 2 is 1.25 bits per heavy atom. The molecule has 48 heavy (non-hydrogen) atoms. The van der Waals surface area contributed by atoms with Crippen molar-refractivity contribution in [3.8, 4) is 0 Å². The number of carbonyl (C=O) groups excluding carboxylic acids is 2. The van der Waals surface area contributed by atoms with Crippen molar-refractivity contribution < 1.29 is 35.2 Å². The summed E-state index contributed by atoms with van der Waals surface area (Å²) in [7, 11) is -7.72. The van der Waals surface area contributed by atoms with Crippen LogP contribution in [-0.4, -0.2) is 58.1 Å². The third-order valence-corrected chi connectivity index (χ3v) is 11.7. The summed E-state index contributed by atoms with van der Waals surface area (Å²) in [5, 5.41) is 6.30. The second-order valence-electron chi connectivity index (χ2n) is 11.3. The molecule has 0 aliphatic carbocycles. The first kappa shape index (κ1) is 37.7. The molecule has 2 unspecified atom stereocenters. The zero-order chi connectivity index (χ0) is 34.9. The van der Waals surface area contributed by atoms with Crippen LogP contribution < -0.4 is 15.4 Å². The predicted octanol–water partition coefficient (Wildman–Crippen LogP) is 5.42. The fraction of sp³-hybridized carbons (Fsp3) is 0.375. The molecule has 3 aromatic carbocycles. The van der Waals surface area contributed by atoms with Gasteiger partial charge in [-0.3, -0.25) is 9.59 Å². The summed E-state index contributed by atoms with van der Waals surface area (Å²) < 4.78 is 80.2. The van der Waals surface area contributed by atoms with Gasteiger partial charge >= 0.3 is 0 Å². The molecule has 2 atom stereocenters. The Morgan fingerprint density at radius 3 is 1.81 bits per heavy atom. The molecule has 0 aromatic heterocycles. The van der Waals surface area contributed by atoms with E-state index in [9.17, 15) is 35.2 Å². The first-order valence-corrected chi connectivity index (χ1v) is 18.9. The number of alkyl halides is 2. The van der Waals surface area contributed by atoms with Gasteiger partial charge < -0.3 is 10.6 Å². The molecule has 16 heteroatoms. The molecule has 2 saturated heterocycles. The molecule has 260 valence electrons.